The normalized spacial score (nSPS) is 11.5. The minimum Gasteiger partial charge on any atom is -0.318 e. The number of azo groups is 1. The standard InChI is InChI=1S/C14H9F3N4O3/c15-14(16,17)13(22)18-9-1-3-10(4-2-9)19-20-11-5-7-12(8-6-11)21(23)24/h1-8H,(H,18,22). The summed E-state index contributed by atoms with van der Waals surface area (Å²) in [6.07, 6.45) is -4.96. The van der Waals surface area contributed by atoms with Crippen LogP contribution in [0, 0.1) is 10.1 Å². The highest BCUT2D eigenvalue weighted by molar-refractivity contribution is 5.94. The lowest BCUT2D eigenvalue weighted by Crippen LogP contribution is -2.29. The quantitative estimate of drug-likeness (QED) is 0.504. The molecule has 1 N–H and O–H groups in total. The molecule has 0 aromatic heterocycles. The predicted molar refractivity (Wildman–Crippen MR) is 78.4 cm³/mol. The van der Waals surface area contributed by atoms with Gasteiger partial charge in [-0.3, -0.25) is 14.9 Å². The number of non-ortho nitro benzene ring substituents is 1. The zero-order chi connectivity index (χ0) is 17.7. The van der Waals surface area contributed by atoms with Crippen molar-refractivity contribution in [1.82, 2.24) is 0 Å². The molecule has 0 saturated heterocycles. The Morgan fingerprint density at radius 2 is 1.42 bits per heavy atom. The summed E-state index contributed by atoms with van der Waals surface area (Å²) in [6.45, 7) is 0. The number of carbonyl (C=O) groups is 1. The molecule has 0 aliphatic heterocycles. The summed E-state index contributed by atoms with van der Waals surface area (Å²) in [6, 6.07) is 10.6. The highest BCUT2D eigenvalue weighted by Crippen LogP contribution is 2.23. The van der Waals surface area contributed by atoms with Gasteiger partial charge in [-0.2, -0.15) is 23.4 Å². The van der Waals surface area contributed by atoms with E-state index in [2.05, 4.69) is 10.2 Å². The molecule has 0 aliphatic rings. The van der Waals surface area contributed by atoms with Crippen molar-refractivity contribution in [2.45, 2.75) is 6.18 Å². The van der Waals surface area contributed by atoms with Crippen molar-refractivity contribution in [2.75, 3.05) is 5.32 Å². The summed E-state index contributed by atoms with van der Waals surface area (Å²) in [5, 5.41) is 19.9. The van der Waals surface area contributed by atoms with Crippen molar-refractivity contribution in [1.29, 1.82) is 0 Å². The molecule has 2 rings (SSSR count). The van der Waals surface area contributed by atoms with Crippen LogP contribution < -0.4 is 5.32 Å². The molecule has 0 saturated carbocycles. The third-order valence-electron chi connectivity index (χ3n) is 2.72. The molecule has 0 aliphatic carbocycles. The summed E-state index contributed by atoms with van der Waals surface area (Å²) >= 11 is 0. The summed E-state index contributed by atoms with van der Waals surface area (Å²) in [4.78, 5) is 20.7. The average Bonchev–Trinajstić information content (AvgIpc) is 2.53. The van der Waals surface area contributed by atoms with Crippen LogP contribution >= 0.6 is 0 Å². The van der Waals surface area contributed by atoms with Crippen LogP contribution in [-0.4, -0.2) is 17.0 Å². The van der Waals surface area contributed by atoms with Gasteiger partial charge in [-0.15, -0.1) is 0 Å². The highest BCUT2D eigenvalue weighted by Gasteiger charge is 2.38. The Morgan fingerprint density at radius 3 is 1.83 bits per heavy atom. The maximum absolute atomic E-state index is 12.1. The van der Waals surface area contributed by atoms with Crippen LogP contribution in [0.25, 0.3) is 0 Å². The first-order valence-corrected chi connectivity index (χ1v) is 6.40. The molecule has 1 amide bonds. The molecule has 2 aromatic carbocycles. The van der Waals surface area contributed by atoms with Crippen molar-refractivity contribution in [3.05, 3.63) is 58.6 Å². The number of rotatable bonds is 4. The van der Waals surface area contributed by atoms with Crippen molar-refractivity contribution in [3.63, 3.8) is 0 Å². The fourth-order valence-electron chi connectivity index (χ4n) is 1.57. The smallest absolute Gasteiger partial charge is 0.318 e. The third kappa shape index (κ3) is 4.60. The molecule has 0 atom stereocenters. The number of anilines is 1. The molecule has 0 fully saturated rings. The Bertz CT molecular complexity index is 771. The van der Waals surface area contributed by atoms with Gasteiger partial charge in [0.15, 0.2) is 0 Å². The number of hydrogen-bond acceptors (Lipinski definition) is 5. The van der Waals surface area contributed by atoms with Crippen LogP contribution in [0.15, 0.2) is 58.8 Å². The SMILES string of the molecule is O=C(Nc1ccc(N=Nc2ccc([N+](=O)[O-])cc2)cc1)C(F)(F)F. The molecule has 0 spiro atoms. The van der Waals surface area contributed by atoms with Crippen molar-refractivity contribution in [3.8, 4) is 0 Å². The topological polar surface area (TPSA) is 97.0 Å². The lowest BCUT2D eigenvalue weighted by atomic mass is 10.3. The number of nitro benzene ring substituents is 1. The second kappa shape index (κ2) is 6.86. The van der Waals surface area contributed by atoms with Crippen LogP contribution in [0.5, 0.6) is 0 Å². The Hall–Kier alpha value is -3.30. The van der Waals surface area contributed by atoms with E-state index in [1.165, 1.54) is 48.5 Å². The van der Waals surface area contributed by atoms with Crippen LogP contribution in [0.2, 0.25) is 0 Å². The van der Waals surface area contributed by atoms with Gasteiger partial charge in [-0.1, -0.05) is 0 Å². The van der Waals surface area contributed by atoms with Gasteiger partial charge < -0.3 is 5.32 Å². The number of benzene rings is 2. The van der Waals surface area contributed by atoms with E-state index in [9.17, 15) is 28.1 Å². The second-order valence-electron chi connectivity index (χ2n) is 4.47. The monoisotopic (exact) mass is 338 g/mol. The number of hydrogen-bond donors (Lipinski definition) is 1. The Balaban J connectivity index is 2.03. The van der Waals surface area contributed by atoms with Crippen LogP contribution in [-0.2, 0) is 4.79 Å². The molecule has 24 heavy (non-hydrogen) atoms. The maximum Gasteiger partial charge on any atom is 0.471 e. The average molecular weight is 338 g/mol. The van der Waals surface area contributed by atoms with Gasteiger partial charge in [-0.05, 0) is 36.4 Å². The second-order valence-corrected chi connectivity index (χ2v) is 4.47. The predicted octanol–water partition coefficient (Wildman–Crippen LogP) is 4.51. The zero-order valence-corrected chi connectivity index (χ0v) is 11.8. The van der Waals surface area contributed by atoms with Crippen molar-refractivity contribution >= 4 is 28.7 Å². The van der Waals surface area contributed by atoms with Crippen LogP contribution in [0.3, 0.4) is 0 Å². The van der Waals surface area contributed by atoms with Crippen molar-refractivity contribution in [2.24, 2.45) is 10.2 Å². The summed E-state index contributed by atoms with van der Waals surface area (Å²) in [7, 11) is 0. The van der Waals surface area contributed by atoms with E-state index in [1.807, 2.05) is 0 Å². The number of alkyl halides is 3. The van der Waals surface area contributed by atoms with Gasteiger partial charge in [0.25, 0.3) is 5.69 Å². The number of nitrogens with zero attached hydrogens (tertiary/aromatic N) is 3. The number of halogens is 3. The molecule has 7 nitrogen and oxygen atoms in total. The lowest BCUT2D eigenvalue weighted by Gasteiger charge is -2.07. The molecule has 0 bridgehead atoms. The third-order valence-corrected chi connectivity index (χ3v) is 2.72. The van der Waals surface area contributed by atoms with E-state index >= 15 is 0 Å². The Labute approximate surface area is 133 Å². The van der Waals surface area contributed by atoms with Crippen LogP contribution in [0.1, 0.15) is 0 Å². The van der Waals surface area contributed by atoms with Gasteiger partial charge in [0.05, 0.1) is 16.3 Å². The fourth-order valence-corrected chi connectivity index (χ4v) is 1.57. The summed E-state index contributed by atoms with van der Waals surface area (Å²) in [5.41, 5.74) is 0.582. The molecule has 124 valence electrons. The number of nitro groups is 1. The first kappa shape index (κ1) is 17.1. The fraction of sp³-hybridized carbons (Fsp3) is 0.0714. The molecule has 0 unspecified atom stereocenters. The minimum absolute atomic E-state index is 0.0355. The molecule has 0 heterocycles. The molecule has 2 aromatic rings. The van der Waals surface area contributed by atoms with E-state index in [0.717, 1.165) is 0 Å². The number of amides is 1. The first-order chi connectivity index (χ1) is 11.3. The minimum atomic E-state index is -4.96. The highest BCUT2D eigenvalue weighted by atomic mass is 19.4. The van der Waals surface area contributed by atoms with E-state index in [4.69, 9.17) is 0 Å². The van der Waals surface area contributed by atoms with E-state index in [-0.39, 0.29) is 11.4 Å². The maximum atomic E-state index is 12.1. The molecular weight excluding hydrogens is 329 g/mol. The number of nitrogens with one attached hydrogen (secondary N) is 1. The summed E-state index contributed by atoms with van der Waals surface area (Å²) in [5.74, 6) is -2.07. The van der Waals surface area contributed by atoms with Gasteiger partial charge >= 0.3 is 12.1 Å². The molecule has 0 radical (unpaired) electrons. The largest absolute Gasteiger partial charge is 0.471 e. The summed E-state index contributed by atoms with van der Waals surface area (Å²) < 4.78 is 36.3. The van der Waals surface area contributed by atoms with Crippen LogP contribution in [0.4, 0.5) is 35.9 Å². The van der Waals surface area contributed by atoms with E-state index in [0.29, 0.717) is 11.4 Å². The molecular formula is C14H9F3N4O3. The Kier molecular flexibility index (Phi) is 4.87. The van der Waals surface area contributed by atoms with Gasteiger partial charge in [0.1, 0.15) is 0 Å². The zero-order valence-electron chi connectivity index (χ0n) is 11.8. The van der Waals surface area contributed by atoms with Gasteiger partial charge in [0.2, 0.25) is 0 Å². The van der Waals surface area contributed by atoms with E-state index in [1.54, 1.807) is 5.32 Å². The van der Waals surface area contributed by atoms with Gasteiger partial charge in [0, 0.05) is 17.8 Å². The van der Waals surface area contributed by atoms with Gasteiger partial charge in [-0.25, -0.2) is 0 Å². The molecule has 10 heteroatoms. The Morgan fingerprint density at radius 1 is 0.958 bits per heavy atom. The number of carbonyl (C=O) groups excluding carboxylic acids is 1. The lowest BCUT2D eigenvalue weighted by molar-refractivity contribution is -0.384. The van der Waals surface area contributed by atoms with E-state index < -0.39 is 17.0 Å². The van der Waals surface area contributed by atoms with Crippen molar-refractivity contribution < 1.29 is 22.9 Å². The first-order valence-electron chi connectivity index (χ1n) is 6.40.